The van der Waals surface area contributed by atoms with Crippen molar-refractivity contribution < 1.29 is 19.1 Å². The maximum Gasteiger partial charge on any atom is 0.203 e. The predicted octanol–water partition coefficient (Wildman–Crippen LogP) is 7.39. The third kappa shape index (κ3) is 11.8. The molecule has 1 aliphatic rings. The van der Waals surface area contributed by atoms with Gasteiger partial charge in [-0.25, -0.2) is 0 Å². The van der Waals surface area contributed by atoms with Gasteiger partial charge in [0, 0.05) is 48.5 Å². The van der Waals surface area contributed by atoms with Crippen molar-refractivity contribution in [3.8, 4) is 11.5 Å². The maximum atomic E-state index is 12.7. The van der Waals surface area contributed by atoms with E-state index in [1.807, 2.05) is 24.3 Å². The SMILES string of the molecule is CCN(CCCCCCNC1=CC(=O)C(NCCCCCCN(CC)[C@@H](C)c2ccccc2OC)=CC1=O)[C@H](C)c1ccccc1OC. The summed E-state index contributed by atoms with van der Waals surface area (Å²) in [4.78, 5) is 30.3. The first kappa shape index (κ1) is 38.8. The first-order valence-corrected chi connectivity index (χ1v) is 18.1. The van der Waals surface area contributed by atoms with Crippen LogP contribution in [-0.4, -0.2) is 74.9 Å². The van der Waals surface area contributed by atoms with Crippen molar-refractivity contribution in [1.82, 2.24) is 20.4 Å². The Kier molecular flexibility index (Phi) is 17.3. The van der Waals surface area contributed by atoms with Gasteiger partial charge in [0.05, 0.1) is 25.6 Å². The smallest absolute Gasteiger partial charge is 0.203 e. The number of hydrogen-bond donors (Lipinski definition) is 2. The number of carbonyl (C=O) groups excluding carboxylic acids is 2. The molecule has 2 atom stereocenters. The summed E-state index contributed by atoms with van der Waals surface area (Å²) in [7, 11) is 3.46. The molecular weight excluding hydrogens is 600 g/mol. The lowest BCUT2D eigenvalue weighted by molar-refractivity contribution is -0.115. The fraction of sp³-hybridized carbons (Fsp3) is 0.550. The summed E-state index contributed by atoms with van der Waals surface area (Å²) >= 11 is 0. The second kappa shape index (κ2) is 21.4. The number of methoxy groups -OCH3 is 2. The Hall–Kier alpha value is -3.62. The summed E-state index contributed by atoms with van der Waals surface area (Å²) in [5, 5.41) is 6.40. The summed E-state index contributed by atoms with van der Waals surface area (Å²) in [6, 6.07) is 17.1. The van der Waals surface area contributed by atoms with Crippen molar-refractivity contribution in [3.05, 3.63) is 83.2 Å². The van der Waals surface area contributed by atoms with Gasteiger partial charge in [0.1, 0.15) is 11.5 Å². The highest BCUT2D eigenvalue weighted by atomic mass is 16.5. The highest BCUT2D eigenvalue weighted by molar-refractivity contribution is 6.19. The molecule has 0 unspecified atom stereocenters. The Balaban J connectivity index is 1.27. The number of rotatable bonds is 24. The number of ether oxygens (including phenoxy) is 2. The largest absolute Gasteiger partial charge is 0.496 e. The van der Waals surface area contributed by atoms with Crippen LogP contribution in [0.15, 0.2) is 72.1 Å². The third-order valence-electron chi connectivity index (χ3n) is 9.54. The van der Waals surface area contributed by atoms with Crippen molar-refractivity contribution in [3.63, 3.8) is 0 Å². The van der Waals surface area contributed by atoms with Crippen molar-refractivity contribution in [2.45, 2.75) is 91.1 Å². The van der Waals surface area contributed by atoms with Gasteiger partial charge in [-0.05, 0) is 77.8 Å². The van der Waals surface area contributed by atoms with E-state index in [1.165, 1.54) is 23.3 Å². The van der Waals surface area contributed by atoms with Crippen LogP contribution in [0.2, 0.25) is 0 Å². The topological polar surface area (TPSA) is 83.1 Å². The minimum Gasteiger partial charge on any atom is -0.496 e. The van der Waals surface area contributed by atoms with Gasteiger partial charge in [-0.2, -0.15) is 0 Å². The van der Waals surface area contributed by atoms with Gasteiger partial charge < -0.3 is 20.1 Å². The van der Waals surface area contributed by atoms with Crippen LogP contribution >= 0.6 is 0 Å². The quantitative estimate of drug-likeness (QED) is 0.0892. The highest BCUT2D eigenvalue weighted by Gasteiger charge is 2.21. The lowest BCUT2D eigenvalue weighted by Crippen LogP contribution is -2.30. The Morgan fingerprint density at radius 3 is 1.33 bits per heavy atom. The molecule has 0 aromatic heterocycles. The van der Waals surface area contributed by atoms with Gasteiger partial charge >= 0.3 is 0 Å². The lowest BCUT2D eigenvalue weighted by atomic mass is 10.0. The molecule has 264 valence electrons. The molecule has 48 heavy (non-hydrogen) atoms. The standard InChI is InChI=1S/C40H60N4O4/c1-7-43(31(3)33-21-13-15-23-39(33)47-5)27-19-11-9-17-25-41-35-29-38(46)36(30-37(35)45)42-26-18-10-12-20-28-44(8-2)32(4)34-22-14-16-24-40(34)48-6/h13-16,21-24,29-32,41-42H,7-12,17-20,25-28H2,1-6H3/t31-,32+. The van der Waals surface area contributed by atoms with E-state index in [-0.39, 0.29) is 11.6 Å². The van der Waals surface area contributed by atoms with Crippen LogP contribution in [0.1, 0.15) is 102 Å². The molecule has 0 aliphatic heterocycles. The van der Waals surface area contributed by atoms with Crippen molar-refractivity contribution in [2.24, 2.45) is 0 Å². The Labute approximate surface area is 289 Å². The monoisotopic (exact) mass is 660 g/mol. The van der Waals surface area contributed by atoms with Gasteiger partial charge in [-0.3, -0.25) is 19.4 Å². The average Bonchev–Trinajstić information content (AvgIpc) is 3.11. The van der Waals surface area contributed by atoms with Crippen LogP contribution < -0.4 is 20.1 Å². The van der Waals surface area contributed by atoms with Gasteiger partial charge in [-0.1, -0.05) is 75.9 Å². The molecule has 2 aromatic carbocycles. The van der Waals surface area contributed by atoms with Crippen LogP contribution in [0.5, 0.6) is 11.5 Å². The maximum absolute atomic E-state index is 12.7. The second-order valence-corrected chi connectivity index (χ2v) is 12.6. The van der Waals surface area contributed by atoms with Gasteiger partial charge in [0.15, 0.2) is 0 Å². The molecule has 1 aliphatic carbocycles. The molecule has 0 spiro atoms. The summed E-state index contributed by atoms with van der Waals surface area (Å²) < 4.78 is 11.1. The number of para-hydroxylation sites is 2. The number of carbonyl (C=O) groups is 2. The second-order valence-electron chi connectivity index (χ2n) is 12.6. The zero-order valence-corrected chi connectivity index (χ0v) is 30.4. The fourth-order valence-corrected chi connectivity index (χ4v) is 6.54. The molecule has 8 nitrogen and oxygen atoms in total. The number of allylic oxidation sites excluding steroid dienone is 2. The molecular formula is C40H60N4O4. The number of ketones is 2. The number of nitrogens with one attached hydrogen (secondary N) is 2. The highest BCUT2D eigenvalue weighted by Crippen LogP contribution is 2.30. The minimum atomic E-state index is -0.134. The first-order chi connectivity index (χ1) is 23.3. The number of hydrogen-bond acceptors (Lipinski definition) is 8. The van der Waals surface area contributed by atoms with Crippen LogP contribution in [0.25, 0.3) is 0 Å². The van der Waals surface area contributed by atoms with E-state index in [0.717, 1.165) is 89.0 Å². The van der Waals surface area contributed by atoms with Crippen LogP contribution in [0.4, 0.5) is 0 Å². The summed E-state index contributed by atoms with van der Waals surface area (Å²) in [5.74, 6) is 1.61. The molecule has 3 rings (SSSR count). The molecule has 2 aromatic rings. The van der Waals surface area contributed by atoms with E-state index >= 15 is 0 Å². The summed E-state index contributed by atoms with van der Waals surface area (Å²) in [6.45, 7) is 14.3. The van der Waals surface area contributed by atoms with E-state index in [1.54, 1.807) is 14.2 Å². The van der Waals surface area contributed by atoms with Crippen LogP contribution in [-0.2, 0) is 9.59 Å². The number of nitrogens with zero attached hydrogens (tertiary/aromatic N) is 2. The third-order valence-corrected chi connectivity index (χ3v) is 9.54. The minimum absolute atomic E-state index is 0.134. The Morgan fingerprint density at radius 2 is 0.958 bits per heavy atom. The van der Waals surface area contributed by atoms with Gasteiger partial charge in [-0.15, -0.1) is 0 Å². The molecule has 0 saturated carbocycles. The van der Waals surface area contributed by atoms with Gasteiger partial charge in [0.25, 0.3) is 0 Å². The summed E-state index contributed by atoms with van der Waals surface area (Å²) in [5.41, 5.74) is 3.24. The zero-order chi connectivity index (χ0) is 34.7. The predicted molar refractivity (Wildman–Crippen MR) is 196 cm³/mol. The van der Waals surface area contributed by atoms with Crippen molar-refractivity contribution in [1.29, 1.82) is 0 Å². The van der Waals surface area contributed by atoms with E-state index in [0.29, 0.717) is 36.6 Å². The zero-order valence-electron chi connectivity index (χ0n) is 30.4. The van der Waals surface area contributed by atoms with E-state index in [4.69, 9.17) is 9.47 Å². The molecule has 0 fully saturated rings. The lowest BCUT2D eigenvalue weighted by Gasteiger charge is -2.29. The molecule has 0 bridgehead atoms. The van der Waals surface area contributed by atoms with Crippen LogP contribution in [0, 0.1) is 0 Å². The number of unbranched alkanes of at least 4 members (excludes halogenated alkanes) is 6. The number of benzene rings is 2. The molecule has 0 amide bonds. The van der Waals surface area contributed by atoms with E-state index < -0.39 is 0 Å². The van der Waals surface area contributed by atoms with E-state index in [9.17, 15) is 9.59 Å². The normalized spacial score (nSPS) is 14.5. The van der Waals surface area contributed by atoms with Crippen LogP contribution in [0.3, 0.4) is 0 Å². The van der Waals surface area contributed by atoms with Crippen molar-refractivity contribution in [2.75, 3.05) is 53.5 Å². The summed E-state index contributed by atoms with van der Waals surface area (Å²) in [6.07, 6.45) is 11.4. The molecule has 0 radical (unpaired) electrons. The molecule has 0 saturated heterocycles. The molecule has 8 heteroatoms. The van der Waals surface area contributed by atoms with Crippen molar-refractivity contribution >= 4 is 11.6 Å². The van der Waals surface area contributed by atoms with Gasteiger partial charge in [0.2, 0.25) is 11.6 Å². The fourth-order valence-electron chi connectivity index (χ4n) is 6.54. The first-order valence-electron chi connectivity index (χ1n) is 18.1. The molecule has 2 N–H and O–H groups in total. The Bertz CT molecular complexity index is 1240. The Morgan fingerprint density at radius 1 is 0.583 bits per heavy atom. The van der Waals surface area contributed by atoms with E-state index in [2.05, 4.69) is 72.4 Å². The average molecular weight is 661 g/mol. The molecule has 0 heterocycles.